The molecule has 1 aromatic heterocycles. The number of aromatic nitrogens is 1. The Morgan fingerprint density at radius 1 is 1.21 bits per heavy atom. The summed E-state index contributed by atoms with van der Waals surface area (Å²) >= 11 is 0. The standard InChI is InChI=1S/C17H20N2/c1-13-6-2-3-7-15(13)12-19-16-10-4-8-14-9-5-11-18-17(14)16/h2-3,5-7,9,11,16,19H,4,8,10,12H2,1H3. The minimum atomic E-state index is 0.407. The summed E-state index contributed by atoms with van der Waals surface area (Å²) in [7, 11) is 0. The predicted octanol–water partition coefficient (Wildman–Crippen LogP) is 3.56. The highest BCUT2D eigenvalue weighted by Crippen LogP contribution is 2.27. The van der Waals surface area contributed by atoms with E-state index in [4.69, 9.17) is 0 Å². The predicted molar refractivity (Wildman–Crippen MR) is 77.9 cm³/mol. The van der Waals surface area contributed by atoms with Crippen LogP contribution in [0.3, 0.4) is 0 Å². The van der Waals surface area contributed by atoms with Crippen LogP contribution in [0.15, 0.2) is 42.6 Å². The maximum absolute atomic E-state index is 4.57. The molecule has 2 heteroatoms. The third-order valence-corrected chi connectivity index (χ3v) is 4.00. The Balaban J connectivity index is 1.73. The highest BCUT2D eigenvalue weighted by Gasteiger charge is 2.20. The molecule has 2 aromatic rings. The molecular weight excluding hydrogens is 232 g/mol. The third-order valence-electron chi connectivity index (χ3n) is 4.00. The van der Waals surface area contributed by atoms with Crippen LogP contribution < -0.4 is 5.32 Å². The molecule has 1 aromatic carbocycles. The molecule has 1 aliphatic rings. The number of benzene rings is 1. The minimum absolute atomic E-state index is 0.407. The molecule has 0 bridgehead atoms. The van der Waals surface area contributed by atoms with E-state index in [0.29, 0.717) is 6.04 Å². The molecule has 0 fully saturated rings. The van der Waals surface area contributed by atoms with E-state index in [1.165, 1.54) is 41.6 Å². The number of hydrogen-bond donors (Lipinski definition) is 1. The number of nitrogens with one attached hydrogen (secondary N) is 1. The van der Waals surface area contributed by atoms with E-state index in [2.05, 4.69) is 47.6 Å². The van der Waals surface area contributed by atoms with E-state index < -0.39 is 0 Å². The average molecular weight is 252 g/mol. The van der Waals surface area contributed by atoms with Gasteiger partial charge in [-0.25, -0.2) is 0 Å². The maximum atomic E-state index is 4.57. The summed E-state index contributed by atoms with van der Waals surface area (Å²) in [6.07, 6.45) is 5.53. The van der Waals surface area contributed by atoms with Gasteiger partial charge in [0.1, 0.15) is 0 Å². The van der Waals surface area contributed by atoms with Crippen LogP contribution in [0.4, 0.5) is 0 Å². The van der Waals surface area contributed by atoms with Gasteiger partial charge in [-0.15, -0.1) is 0 Å². The maximum Gasteiger partial charge on any atom is 0.0605 e. The molecule has 1 unspecified atom stereocenters. The van der Waals surface area contributed by atoms with Crippen LogP contribution in [-0.2, 0) is 13.0 Å². The van der Waals surface area contributed by atoms with Gasteiger partial charge in [0.2, 0.25) is 0 Å². The van der Waals surface area contributed by atoms with Gasteiger partial charge < -0.3 is 5.32 Å². The first-order valence-electron chi connectivity index (χ1n) is 7.06. The van der Waals surface area contributed by atoms with E-state index in [1.807, 2.05) is 12.3 Å². The molecule has 0 saturated carbocycles. The molecule has 0 spiro atoms. The first kappa shape index (κ1) is 12.4. The smallest absolute Gasteiger partial charge is 0.0605 e. The number of fused-ring (bicyclic) bond motifs is 1. The monoisotopic (exact) mass is 252 g/mol. The van der Waals surface area contributed by atoms with Gasteiger partial charge in [-0.2, -0.15) is 0 Å². The van der Waals surface area contributed by atoms with Crippen molar-refractivity contribution >= 4 is 0 Å². The topological polar surface area (TPSA) is 24.9 Å². The van der Waals surface area contributed by atoms with Gasteiger partial charge in [0, 0.05) is 12.7 Å². The summed E-state index contributed by atoms with van der Waals surface area (Å²) in [5, 5.41) is 3.67. The molecule has 0 radical (unpaired) electrons. The van der Waals surface area contributed by atoms with Crippen molar-refractivity contribution in [2.75, 3.05) is 0 Å². The van der Waals surface area contributed by atoms with Crippen molar-refractivity contribution in [2.45, 2.75) is 38.8 Å². The zero-order valence-corrected chi connectivity index (χ0v) is 11.4. The summed E-state index contributed by atoms with van der Waals surface area (Å²) in [6.45, 7) is 3.09. The van der Waals surface area contributed by atoms with Crippen LogP contribution >= 0.6 is 0 Å². The van der Waals surface area contributed by atoms with Crippen LogP contribution in [0.1, 0.15) is 41.3 Å². The van der Waals surface area contributed by atoms with Crippen LogP contribution in [-0.4, -0.2) is 4.98 Å². The molecule has 1 heterocycles. The quantitative estimate of drug-likeness (QED) is 0.903. The Labute approximate surface area is 114 Å². The van der Waals surface area contributed by atoms with Crippen molar-refractivity contribution < 1.29 is 0 Å². The molecular formula is C17H20N2. The molecule has 3 rings (SSSR count). The highest BCUT2D eigenvalue weighted by atomic mass is 14.9. The van der Waals surface area contributed by atoms with E-state index in [1.54, 1.807) is 0 Å². The lowest BCUT2D eigenvalue weighted by Crippen LogP contribution is -2.26. The second kappa shape index (κ2) is 5.54. The number of hydrogen-bond acceptors (Lipinski definition) is 2. The Morgan fingerprint density at radius 2 is 2.11 bits per heavy atom. The van der Waals surface area contributed by atoms with Crippen LogP contribution in [0.2, 0.25) is 0 Å². The van der Waals surface area contributed by atoms with Crippen LogP contribution in [0.5, 0.6) is 0 Å². The Bertz CT molecular complexity index is 563. The first-order chi connectivity index (χ1) is 9.34. The molecule has 0 aliphatic heterocycles. The second-order valence-corrected chi connectivity index (χ2v) is 5.30. The third kappa shape index (κ3) is 2.69. The molecule has 2 nitrogen and oxygen atoms in total. The number of nitrogens with zero attached hydrogens (tertiary/aromatic N) is 1. The van der Waals surface area contributed by atoms with Gasteiger partial charge >= 0.3 is 0 Å². The molecule has 1 N–H and O–H groups in total. The molecule has 1 aliphatic carbocycles. The summed E-state index contributed by atoms with van der Waals surface area (Å²) in [5.74, 6) is 0. The van der Waals surface area contributed by atoms with E-state index in [9.17, 15) is 0 Å². The Hall–Kier alpha value is -1.67. The summed E-state index contributed by atoms with van der Waals surface area (Å²) in [6, 6.07) is 13.2. The number of pyridine rings is 1. The van der Waals surface area contributed by atoms with Crippen molar-refractivity contribution in [3.8, 4) is 0 Å². The van der Waals surface area contributed by atoms with E-state index in [-0.39, 0.29) is 0 Å². The minimum Gasteiger partial charge on any atom is -0.304 e. The Kier molecular flexibility index (Phi) is 3.60. The van der Waals surface area contributed by atoms with Crippen molar-refractivity contribution in [3.63, 3.8) is 0 Å². The SMILES string of the molecule is Cc1ccccc1CNC1CCCc2cccnc21. The van der Waals surface area contributed by atoms with Gasteiger partial charge in [0.15, 0.2) is 0 Å². The summed E-state index contributed by atoms with van der Waals surface area (Å²) in [4.78, 5) is 4.57. The van der Waals surface area contributed by atoms with Crippen molar-refractivity contribution in [1.82, 2.24) is 10.3 Å². The lowest BCUT2D eigenvalue weighted by molar-refractivity contribution is 0.447. The average Bonchev–Trinajstić information content (AvgIpc) is 2.46. The first-order valence-corrected chi connectivity index (χ1v) is 7.06. The fourth-order valence-corrected chi connectivity index (χ4v) is 2.85. The lowest BCUT2D eigenvalue weighted by atomic mass is 9.91. The van der Waals surface area contributed by atoms with Crippen LogP contribution in [0, 0.1) is 6.92 Å². The number of rotatable bonds is 3. The number of aryl methyl sites for hydroxylation is 2. The van der Waals surface area contributed by atoms with Gasteiger partial charge in [-0.1, -0.05) is 30.3 Å². The molecule has 19 heavy (non-hydrogen) atoms. The van der Waals surface area contributed by atoms with E-state index in [0.717, 1.165) is 6.54 Å². The fraction of sp³-hybridized carbons (Fsp3) is 0.353. The summed E-state index contributed by atoms with van der Waals surface area (Å²) < 4.78 is 0. The van der Waals surface area contributed by atoms with Crippen molar-refractivity contribution in [1.29, 1.82) is 0 Å². The largest absolute Gasteiger partial charge is 0.304 e. The van der Waals surface area contributed by atoms with Gasteiger partial charge in [0.25, 0.3) is 0 Å². The lowest BCUT2D eigenvalue weighted by Gasteiger charge is -2.25. The molecule has 0 saturated heterocycles. The zero-order chi connectivity index (χ0) is 13.1. The highest BCUT2D eigenvalue weighted by molar-refractivity contribution is 5.27. The summed E-state index contributed by atoms with van der Waals surface area (Å²) in [5.41, 5.74) is 5.40. The fourth-order valence-electron chi connectivity index (χ4n) is 2.85. The molecule has 98 valence electrons. The normalized spacial score (nSPS) is 18.1. The molecule has 1 atom stereocenters. The zero-order valence-electron chi connectivity index (χ0n) is 11.4. The van der Waals surface area contributed by atoms with Crippen molar-refractivity contribution in [3.05, 3.63) is 65.0 Å². The van der Waals surface area contributed by atoms with Crippen molar-refractivity contribution in [2.24, 2.45) is 0 Å². The molecule has 0 amide bonds. The van der Waals surface area contributed by atoms with Gasteiger partial charge in [0.05, 0.1) is 11.7 Å². The van der Waals surface area contributed by atoms with Gasteiger partial charge in [-0.3, -0.25) is 4.98 Å². The van der Waals surface area contributed by atoms with Gasteiger partial charge in [-0.05, 0) is 48.9 Å². The Morgan fingerprint density at radius 3 is 3.00 bits per heavy atom. The second-order valence-electron chi connectivity index (χ2n) is 5.30. The van der Waals surface area contributed by atoms with E-state index >= 15 is 0 Å². The van der Waals surface area contributed by atoms with Crippen LogP contribution in [0.25, 0.3) is 0 Å².